The average Bonchev–Trinajstić information content (AvgIpc) is 2.57. The minimum Gasteiger partial charge on any atom is -0.478 e. The van der Waals surface area contributed by atoms with Crippen molar-refractivity contribution in [3.8, 4) is 0 Å². The fourth-order valence-electron chi connectivity index (χ4n) is 2.62. The summed E-state index contributed by atoms with van der Waals surface area (Å²) in [4.78, 5) is 34.6. The molecule has 5 nitrogen and oxygen atoms in total. The summed E-state index contributed by atoms with van der Waals surface area (Å²) >= 11 is 0. The Morgan fingerprint density at radius 2 is 2.24 bits per heavy atom. The maximum atomic E-state index is 11.8. The van der Waals surface area contributed by atoms with E-state index in [1.165, 1.54) is 13.2 Å². The van der Waals surface area contributed by atoms with E-state index in [1.54, 1.807) is 0 Å². The summed E-state index contributed by atoms with van der Waals surface area (Å²) in [7, 11) is 1.25. The number of hydrogen-bond donors (Lipinski definition) is 1. The van der Waals surface area contributed by atoms with E-state index in [9.17, 15) is 14.4 Å². The minimum absolute atomic E-state index is 0.272. The fraction of sp³-hybridized carbons (Fsp3) is 0.417. The molecule has 90 valence electrons. The lowest BCUT2D eigenvalue weighted by molar-refractivity contribution is -0.150. The molecule has 0 amide bonds. The van der Waals surface area contributed by atoms with Crippen LogP contribution < -0.4 is 0 Å². The van der Waals surface area contributed by atoms with Gasteiger partial charge in [-0.1, -0.05) is 12.2 Å². The number of carbonyl (C=O) groups excluding carboxylic acids is 2. The quantitative estimate of drug-likeness (QED) is 0.433. The van der Waals surface area contributed by atoms with Gasteiger partial charge >= 0.3 is 11.9 Å². The van der Waals surface area contributed by atoms with Crippen LogP contribution in [0, 0.1) is 11.3 Å². The number of rotatable bonds is 2. The first kappa shape index (κ1) is 11.6. The number of esters is 1. The van der Waals surface area contributed by atoms with Gasteiger partial charge in [0.25, 0.3) is 0 Å². The lowest BCUT2D eigenvalue weighted by atomic mass is 9.77. The van der Waals surface area contributed by atoms with Gasteiger partial charge in [-0.05, 0) is 18.9 Å². The fourth-order valence-corrected chi connectivity index (χ4v) is 2.62. The van der Waals surface area contributed by atoms with Gasteiger partial charge < -0.3 is 9.84 Å². The molecule has 2 rings (SSSR count). The third-order valence-electron chi connectivity index (χ3n) is 3.43. The maximum Gasteiger partial charge on any atom is 0.339 e. The Morgan fingerprint density at radius 3 is 2.76 bits per heavy atom. The van der Waals surface area contributed by atoms with Gasteiger partial charge in [0.05, 0.1) is 12.5 Å². The average molecular weight is 236 g/mol. The van der Waals surface area contributed by atoms with Crippen molar-refractivity contribution in [1.82, 2.24) is 0 Å². The number of ketones is 1. The molecule has 0 aromatic carbocycles. The molecule has 2 aliphatic rings. The lowest BCUT2D eigenvalue weighted by Crippen LogP contribution is -2.34. The van der Waals surface area contributed by atoms with Crippen LogP contribution >= 0.6 is 0 Å². The summed E-state index contributed by atoms with van der Waals surface area (Å²) in [5, 5.41) is 8.96. The molecule has 2 aliphatic carbocycles. The zero-order chi connectivity index (χ0) is 12.8. The molecule has 5 heteroatoms. The van der Waals surface area contributed by atoms with Gasteiger partial charge in [0, 0.05) is 5.92 Å². The second-order valence-corrected chi connectivity index (χ2v) is 4.47. The monoisotopic (exact) mass is 236 g/mol. The SMILES string of the molecule is C=C1CC2(C(=O)OC)C=C(C(=O)O)C(=O)C1C2. The van der Waals surface area contributed by atoms with Crippen molar-refractivity contribution in [1.29, 1.82) is 0 Å². The van der Waals surface area contributed by atoms with Crippen molar-refractivity contribution in [3.05, 3.63) is 23.8 Å². The van der Waals surface area contributed by atoms with Crippen LogP contribution in [0.15, 0.2) is 23.8 Å². The Morgan fingerprint density at radius 1 is 1.59 bits per heavy atom. The molecule has 0 radical (unpaired) electrons. The van der Waals surface area contributed by atoms with E-state index in [4.69, 9.17) is 9.84 Å². The van der Waals surface area contributed by atoms with Crippen molar-refractivity contribution >= 4 is 17.7 Å². The Kier molecular flexibility index (Phi) is 2.41. The zero-order valence-electron chi connectivity index (χ0n) is 9.36. The molecule has 1 N–H and O–H groups in total. The predicted molar refractivity (Wildman–Crippen MR) is 57.0 cm³/mol. The summed E-state index contributed by atoms with van der Waals surface area (Å²) in [5.41, 5.74) is -0.740. The molecule has 0 aliphatic heterocycles. The zero-order valence-corrected chi connectivity index (χ0v) is 9.36. The molecule has 2 bridgehead atoms. The highest BCUT2D eigenvalue weighted by Gasteiger charge is 2.54. The molecular weight excluding hydrogens is 224 g/mol. The van der Waals surface area contributed by atoms with Gasteiger partial charge in [-0.3, -0.25) is 9.59 Å². The van der Waals surface area contributed by atoms with Crippen LogP contribution in [-0.2, 0) is 19.1 Å². The van der Waals surface area contributed by atoms with Gasteiger partial charge in [-0.25, -0.2) is 4.79 Å². The van der Waals surface area contributed by atoms with Crippen LogP contribution in [0.3, 0.4) is 0 Å². The topological polar surface area (TPSA) is 80.7 Å². The number of fused-ring (bicyclic) bond motifs is 2. The summed E-state index contributed by atoms with van der Waals surface area (Å²) in [5.74, 6) is -2.83. The summed E-state index contributed by atoms with van der Waals surface area (Å²) in [6.45, 7) is 3.75. The predicted octanol–water partition coefficient (Wildman–Crippen LogP) is 0.706. The standard InChI is InChI=1S/C12H12O5/c1-6-3-12(11(16)17-2)4-7(6)9(13)8(5-12)10(14)15/h5,7H,1,3-4H2,2H3,(H,14,15). The summed E-state index contributed by atoms with van der Waals surface area (Å²) in [6, 6.07) is 0. The van der Waals surface area contributed by atoms with E-state index in [1.807, 2.05) is 0 Å². The second-order valence-electron chi connectivity index (χ2n) is 4.47. The number of aliphatic carboxylic acids is 1. The van der Waals surface area contributed by atoms with E-state index in [0.29, 0.717) is 5.57 Å². The van der Waals surface area contributed by atoms with E-state index in [-0.39, 0.29) is 18.4 Å². The number of carboxylic acids is 1. The molecule has 0 aromatic heterocycles. The van der Waals surface area contributed by atoms with Gasteiger partial charge in [0.2, 0.25) is 0 Å². The lowest BCUT2D eigenvalue weighted by Gasteiger charge is -2.25. The van der Waals surface area contributed by atoms with E-state index in [2.05, 4.69) is 6.58 Å². The molecule has 2 unspecified atom stereocenters. The molecule has 17 heavy (non-hydrogen) atoms. The second kappa shape index (κ2) is 3.55. The first-order valence-electron chi connectivity index (χ1n) is 5.18. The molecule has 0 spiro atoms. The van der Waals surface area contributed by atoms with Crippen molar-refractivity contribution < 1.29 is 24.2 Å². The van der Waals surface area contributed by atoms with Gasteiger partial charge in [-0.15, -0.1) is 0 Å². The highest BCUT2D eigenvalue weighted by Crippen LogP contribution is 2.51. The Bertz CT molecular complexity index is 473. The smallest absolute Gasteiger partial charge is 0.339 e. The molecule has 0 heterocycles. The Labute approximate surface area is 97.8 Å². The van der Waals surface area contributed by atoms with Crippen molar-refractivity contribution in [2.75, 3.05) is 7.11 Å². The van der Waals surface area contributed by atoms with Gasteiger partial charge in [0.15, 0.2) is 5.78 Å². The van der Waals surface area contributed by atoms with Gasteiger partial charge in [0.1, 0.15) is 5.57 Å². The Balaban J connectivity index is 2.54. The molecule has 2 atom stereocenters. The van der Waals surface area contributed by atoms with E-state index < -0.39 is 29.1 Å². The number of allylic oxidation sites excluding steroid dienone is 1. The number of hydrogen-bond acceptors (Lipinski definition) is 4. The van der Waals surface area contributed by atoms with Crippen LogP contribution in [0.2, 0.25) is 0 Å². The van der Waals surface area contributed by atoms with Crippen molar-refractivity contribution in [2.24, 2.45) is 11.3 Å². The van der Waals surface area contributed by atoms with Crippen LogP contribution in [-0.4, -0.2) is 29.9 Å². The third kappa shape index (κ3) is 1.50. The van der Waals surface area contributed by atoms with E-state index in [0.717, 1.165) is 0 Å². The molecule has 0 saturated heterocycles. The van der Waals surface area contributed by atoms with Gasteiger partial charge in [-0.2, -0.15) is 0 Å². The normalized spacial score (nSPS) is 31.1. The largest absolute Gasteiger partial charge is 0.478 e. The summed E-state index contributed by atoms with van der Waals surface area (Å²) in [6.07, 6.45) is 1.79. The molecule has 0 aromatic rings. The maximum absolute atomic E-state index is 11.8. The number of methoxy groups -OCH3 is 1. The van der Waals surface area contributed by atoms with E-state index >= 15 is 0 Å². The van der Waals surface area contributed by atoms with Crippen LogP contribution in [0.4, 0.5) is 0 Å². The molecule has 1 saturated carbocycles. The molecule has 1 fully saturated rings. The number of carboxylic acid groups (broad SMARTS) is 1. The number of carbonyl (C=O) groups is 3. The van der Waals surface area contributed by atoms with Crippen LogP contribution in [0.25, 0.3) is 0 Å². The first-order valence-corrected chi connectivity index (χ1v) is 5.18. The van der Waals surface area contributed by atoms with Crippen molar-refractivity contribution in [2.45, 2.75) is 12.8 Å². The number of ether oxygens (including phenoxy) is 1. The van der Waals surface area contributed by atoms with Crippen LogP contribution in [0.5, 0.6) is 0 Å². The van der Waals surface area contributed by atoms with Crippen molar-refractivity contribution in [3.63, 3.8) is 0 Å². The number of Topliss-reactive ketones (excluding diaryl/α,β-unsaturated/α-hetero) is 1. The highest BCUT2D eigenvalue weighted by molar-refractivity contribution is 6.20. The minimum atomic E-state index is -1.30. The summed E-state index contributed by atoms with van der Waals surface area (Å²) < 4.78 is 4.69. The highest BCUT2D eigenvalue weighted by atomic mass is 16.5. The van der Waals surface area contributed by atoms with Crippen LogP contribution in [0.1, 0.15) is 12.8 Å². The third-order valence-corrected chi connectivity index (χ3v) is 3.43. The molecular formula is C12H12O5. The Hall–Kier alpha value is -1.91. The first-order chi connectivity index (χ1) is 7.91.